The van der Waals surface area contributed by atoms with Crippen LogP contribution in [0.3, 0.4) is 0 Å². The highest BCUT2D eigenvalue weighted by Gasteiger charge is 1.94. The molecule has 0 bridgehead atoms. The second-order valence-electron chi connectivity index (χ2n) is 3.71. The largest absolute Gasteiger partial charge is 0.311 e. The van der Waals surface area contributed by atoms with E-state index in [1.165, 1.54) is 11.1 Å². The summed E-state index contributed by atoms with van der Waals surface area (Å²) in [6, 6.07) is 2.13. The Morgan fingerprint density at radius 3 is 3.06 bits per heavy atom. The summed E-state index contributed by atoms with van der Waals surface area (Å²) in [6.45, 7) is 4.59. The molecule has 5 nitrogen and oxygen atoms in total. The lowest BCUT2D eigenvalue weighted by Crippen LogP contribution is -2.19. The maximum atomic E-state index is 4.15. The Morgan fingerprint density at radius 2 is 2.31 bits per heavy atom. The molecule has 1 N–H and O–H groups in total. The highest BCUT2D eigenvalue weighted by molar-refractivity contribution is 5.16. The maximum Gasteiger partial charge on any atom is 0.0692 e. The van der Waals surface area contributed by atoms with Crippen molar-refractivity contribution in [2.45, 2.75) is 20.0 Å². The van der Waals surface area contributed by atoms with Gasteiger partial charge in [0.2, 0.25) is 0 Å². The Hall–Kier alpha value is -1.75. The van der Waals surface area contributed by atoms with Crippen molar-refractivity contribution in [1.82, 2.24) is 25.3 Å². The van der Waals surface area contributed by atoms with E-state index >= 15 is 0 Å². The van der Waals surface area contributed by atoms with Crippen LogP contribution in [-0.4, -0.2) is 26.5 Å². The number of rotatable bonds is 5. The van der Waals surface area contributed by atoms with Crippen LogP contribution in [0.5, 0.6) is 0 Å². The fraction of sp³-hybridized carbons (Fsp3) is 0.364. The van der Waals surface area contributed by atoms with Gasteiger partial charge in [0, 0.05) is 31.7 Å². The van der Waals surface area contributed by atoms with Crippen molar-refractivity contribution in [2.24, 2.45) is 0 Å². The molecule has 0 saturated carbocycles. The van der Waals surface area contributed by atoms with Crippen molar-refractivity contribution >= 4 is 0 Å². The zero-order valence-corrected chi connectivity index (χ0v) is 9.30. The van der Waals surface area contributed by atoms with Crippen LogP contribution in [0.2, 0.25) is 0 Å². The Kier molecular flexibility index (Phi) is 3.61. The molecule has 0 amide bonds. The molecular weight excluding hydrogens is 202 g/mol. The summed E-state index contributed by atoms with van der Waals surface area (Å²) in [5.41, 5.74) is 2.40. The third-order valence-corrected chi connectivity index (χ3v) is 2.25. The monoisotopic (exact) mass is 217 g/mol. The maximum absolute atomic E-state index is 4.15. The van der Waals surface area contributed by atoms with Crippen LogP contribution in [0.1, 0.15) is 11.1 Å². The minimum Gasteiger partial charge on any atom is -0.311 e. The second kappa shape index (κ2) is 5.37. The van der Waals surface area contributed by atoms with Gasteiger partial charge < -0.3 is 5.32 Å². The van der Waals surface area contributed by atoms with E-state index in [2.05, 4.69) is 26.7 Å². The lowest BCUT2D eigenvalue weighted by Gasteiger charge is -2.04. The zero-order valence-electron chi connectivity index (χ0n) is 9.30. The van der Waals surface area contributed by atoms with Gasteiger partial charge in [0.15, 0.2) is 0 Å². The van der Waals surface area contributed by atoms with Gasteiger partial charge in [-0.15, -0.1) is 5.10 Å². The number of hydrogen-bond donors (Lipinski definition) is 1. The average molecular weight is 217 g/mol. The molecule has 5 heteroatoms. The smallest absolute Gasteiger partial charge is 0.0692 e. The lowest BCUT2D eigenvalue weighted by molar-refractivity contribution is 0.540. The highest BCUT2D eigenvalue weighted by atomic mass is 15.4. The Balaban J connectivity index is 1.72. The summed E-state index contributed by atoms with van der Waals surface area (Å²) in [6.07, 6.45) is 7.29. The molecule has 0 aromatic carbocycles. The molecule has 0 unspecified atom stereocenters. The van der Waals surface area contributed by atoms with Crippen molar-refractivity contribution in [3.63, 3.8) is 0 Å². The van der Waals surface area contributed by atoms with Crippen LogP contribution in [0.4, 0.5) is 0 Å². The fourth-order valence-electron chi connectivity index (χ4n) is 1.49. The van der Waals surface area contributed by atoms with E-state index < -0.39 is 0 Å². The number of aromatic nitrogens is 4. The van der Waals surface area contributed by atoms with Gasteiger partial charge in [-0.05, 0) is 18.1 Å². The van der Waals surface area contributed by atoms with Gasteiger partial charge in [-0.1, -0.05) is 11.3 Å². The van der Waals surface area contributed by atoms with Crippen molar-refractivity contribution in [2.75, 3.05) is 6.54 Å². The van der Waals surface area contributed by atoms with Gasteiger partial charge in [-0.2, -0.15) is 0 Å². The number of pyridine rings is 1. The standard InChI is InChI=1S/C11H15N5/c1-10-6-11(9-13-7-10)8-12-2-4-16-5-3-14-15-16/h3,5-7,9,12H,2,4,8H2,1H3. The Morgan fingerprint density at radius 1 is 1.38 bits per heavy atom. The SMILES string of the molecule is Cc1cncc(CNCCn2ccnn2)c1. The molecule has 0 aliphatic rings. The zero-order chi connectivity index (χ0) is 11.2. The number of aryl methyl sites for hydroxylation is 1. The normalized spacial score (nSPS) is 10.6. The first kappa shape index (κ1) is 10.8. The molecule has 0 fully saturated rings. The van der Waals surface area contributed by atoms with Crippen molar-refractivity contribution in [3.8, 4) is 0 Å². The predicted molar refractivity (Wildman–Crippen MR) is 60.7 cm³/mol. The van der Waals surface area contributed by atoms with Crippen LogP contribution in [-0.2, 0) is 13.1 Å². The quantitative estimate of drug-likeness (QED) is 0.752. The molecule has 2 heterocycles. The summed E-state index contributed by atoms with van der Waals surface area (Å²) in [4.78, 5) is 4.15. The molecule has 0 aliphatic heterocycles. The van der Waals surface area contributed by atoms with Crippen LogP contribution < -0.4 is 5.32 Å². The summed E-state index contributed by atoms with van der Waals surface area (Å²) in [5, 5.41) is 11.0. The van der Waals surface area contributed by atoms with E-state index in [0.717, 1.165) is 19.6 Å². The van der Waals surface area contributed by atoms with E-state index in [9.17, 15) is 0 Å². The minimum atomic E-state index is 0.833. The first-order valence-electron chi connectivity index (χ1n) is 5.30. The molecule has 16 heavy (non-hydrogen) atoms. The molecule has 84 valence electrons. The first-order chi connectivity index (χ1) is 7.84. The van der Waals surface area contributed by atoms with Gasteiger partial charge in [0.25, 0.3) is 0 Å². The van der Waals surface area contributed by atoms with Gasteiger partial charge >= 0.3 is 0 Å². The molecule has 0 aliphatic carbocycles. The molecule has 0 radical (unpaired) electrons. The van der Waals surface area contributed by atoms with Crippen molar-refractivity contribution in [1.29, 1.82) is 0 Å². The molecule has 2 aromatic heterocycles. The molecule has 2 aromatic rings. The van der Waals surface area contributed by atoms with E-state index in [0.29, 0.717) is 0 Å². The van der Waals surface area contributed by atoms with Crippen LogP contribution in [0.15, 0.2) is 30.9 Å². The molecule has 2 rings (SSSR count). The number of nitrogens with one attached hydrogen (secondary N) is 1. The lowest BCUT2D eigenvalue weighted by atomic mass is 10.2. The van der Waals surface area contributed by atoms with E-state index in [-0.39, 0.29) is 0 Å². The number of nitrogens with zero attached hydrogens (tertiary/aromatic N) is 4. The van der Waals surface area contributed by atoms with Gasteiger partial charge in [-0.3, -0.25) is 9.67 Å². The fourth-order valence-corrected chi connectivity index (χ4v) is 1.49. The molecule has 0 saturated heterocycles. The summed E-state index contributed by atoms with van der Waals surface area (Å²) >= 11 is 0. The molecular formula is C11H15N5. The van der Waals surface area contributed by atoms with E-state index in [1.807, 2.05) is 30.2 Å². The van der Waals surface area contributed by atoms with Gasteiger partial charge in [0.05, 0.1) is 12.7 Å². The first-order valence-corrected chi connectivity index (χ1v) is 5.30. The Labute approximate surface area is 94.5 Å². The van der Waals surface area contributed by atoms with Crippen LogP contribution in [0, 0.1) is 6.92 Å². The van der Waals surface area contributed by atoms with Crippen molar-refractivity contribution in [3.05, 3.63) is 42.0 Å². The number of hydrogen-bond acceptors (Lipinski definition) is 4. The average Bonchev–Trinajstić information content (AvgIpc) is 2.77. The third-order valence-electron chi connectivity index (χ3n) is 2.25. The predicted octanol–water partition coefficient (Wildman–Crippen LogP) is 0.771. The van der Waals surface area contributed by atoms with Crippen molar-refractivity contribution < 1.29 is 0 Å². The summed E-state index contributed by atoms with van der Waals surface area (Å²) < 4.78 is 1.81. The summed E-state index contributed by atoms with van der Waals surface area (Å²) in [7, 11) is 0. The topological polar surface area (TPSA) is 55.6 Å². The second-order valence-corrected chi connectivity index (χ2v) is 3.71. The van der Waals surface area contributed by atoms with Crippen LogP contribution >= 0.6 is 0 Å². The highest BCUT2D eigenvalue weighted by Crippen LogP contribution is 2.00. The summed E-state index contributed by atoms with van der Waals surface area (Å²) in [5.74, 6) is 0. The third kappa shape index (κ3) is 3.13. The van der Waals surface area contributed by atoms with Crippen LogP contribution in [0.25, 0.3) is 0 Å². The van der Waals surface area contributed by atoms with Gasteiger partial charge in [0.1, 0.15) is 0 Å². The van der Waals surface area contributed by atoms with Gasteiger partial charge in [-0.25, -0.2) is 0 Å². The van der Waals surface area contributed by atoms with E-state index in [1.54, 1.807) is 6.20 Å². The Bertz CT molecular complexity index is 424. The minimum absolute atomic E-state index is 0.833. The molecule has 0 spiro atoms. The van der Waals surface area contributed by atoms with E-state index in [4.69, 9.17) is 0 Å². The molecule has 0 atom stereocenters.